The van der Waals surface area contributed by atoms with Gasteiger partial charge in [0.25, 0.3) is 10.0 Å². The molecule has 3 aromatic carbocycles. The molecule has 0 bridgehead atoms. The van der Waals surface area contributed by atoms with Crippen molar-refractivity contribution in [2.45, 2.75) is 11.3 Å². The second-order valence-electron chi connectivity index (χ2n) is 6.95. The highest BCUT2D eigenvalue weighted by Gasteiger charge is 2.24. The summed E-state index contributed by atoms with van der Waals surface area (Å²) in [7, 11) is -3.76. The Morgan fingerprint density at radius 2 is 1.38 bits per heavy atom. The highest BCUT2D eigenvalue weighted by atomic mass is 32.2. The fourth-order valence-electron chi connectivity index (χ4n) is 3.85. The standard InChI is InChI=1S/C24H18N2O2S/c27-29(28,20-11-5-2-6-12-20)26-22-14-8-7-13-21(22)24-19(16-25-17-23(24)26)15-18-9-3-1-4-10-18/h1-14,16-17H,15H2. The molecule has 29 heavy (non-hydrogen) atoms. The predicted octanol–water partition coefficient (Wildman–Crippen LogP) is 5.02. The number of fused-ring (bicyclic) bond motifs is 3. The van der Waals surface area contributed by atoms with Crippen molar-refractivity contribution in [2.75, 3.05) is 0 Å². The van der Waals surface area contributed by atoms with Gasteiger partial charge in [-0.3, -0.25) is 4.98 Å². The summed E-state index contributed by atoms with van der Waals surface area (Å²) >= 11 is 0. The van der Waals surface area contributed by atoms with Gasteiger partial charge in [0, 0.05) is 17.0 Å². The van der Waals surface area contributed by atoms with Gasteiger partial charge in [0.1, 0.15) is 0 Å². The molecule has 5 heteroatoms. The van der Waals surface area contributed by atoms with Crippen LogP contribution in [0.15, 0.2) is 102 Å². The number of pyridine rings is 1. The van der Waals surface area contributed by atoms with Crippen molar-refractivity contribution < 1.29 is 8.42 Å². The van der Waals surface area contributed by atoms with E-state index in [4.69, 9.17) is 0 Å². The number of nitrogens with zero attached hydrogens (tertiary/aromatic N) is 2. The largest absolute Gasteiger partial charge is 0.268 e. The lowest BCUT2D eigenvalue weighted by Crippen LogP contribution is -2.12. The van der Waals surface area contributed by atoms with E-state index in [1.54, 1.807) is 30.5 Å². The second kappa shape index (κ2) is 6.87. The van der Waals surface area contributed by atoms with Crippen molar-refractivity contribution >= 4 is 31.8 Å². The average Bonchev–Trinajstić information content (AvgIpc) is 3.11. The van der Waals surface area contributed by atoms with Gasteiger partial charge in [-0.05, 0) is 35.7 Å². The minimum absolute atomic E-state index is 0.260. The van der Waals surface area contributed by atoms with Crippen LogP contribution in [0.3, 0.4) is 0 Å². The lowest BCUT2D eigenvalue weighted by atomic mass is 10.0. The smallest absolute Gasteiger partial charge is 0.262 e. The molecule has 0 aliphatic rings. The van der Waals surface area contributed by atoms with Gasteiger partial charge in [-0.1, -0.05) is 66.7 Å². The lowest BCUT2D eigenvalue weighted by Gasteiger charge is -2.09. The van der Waals surface area contributed by atoms with E-state index in [0.29, 0.717) is 17.5 Å². The summed E-state index contributed by atoms with van der Waals surface area (Å²) < 4.78 is 28.5. The van der Waals surface area contributed by atoms with Crippen molar-refractivity contribution in [2.24, 2.45) is 0 Å². The van der Waals surface area contributed by atoms with Crippen molar-refractivity contribution in [3.8, 4) is 0 Å². The molecule has 2 heterocycles. The first-order chi connectivity index (χ1) is 14.2. The minimum Gasteiger partial charge on any atom is -0.262 e. The molecule has 142 valence electrons. The highest BCUT2D eigenvalue weighted by Crippen LogP contribution is 2.34. The first kappa shape index (κ1) is 17.6. The number of para-hydroxylation sites is 1. The van der Waals surface area contributed by atoms with Crippen LogP contribution < -0.4 is 0 Å². The molecule has 0 fully saturated rings. The maximum absolute atomic E-state index is 13.5. The van der Waals surface area contributed by atoms with E-state index in [-0.39, 0.29) is 4.90 Å². The van der Waals surface area contributed by atoms with Gasteiger partial charge in [0.2, 0.25) is 0 Å². The number of hydrogen-bond acceptors (Lipinski definition) is 3. The van der Waals surface area contributed by atoms with E-state index in [1.165, 1.54) is 3.97 Å². The molecule has 0 radical (unpaired) electrons. The average molecular weight is 398 g/mol. The Hall–Kier alpha value is -3.44. The van der Waals surface area contributed by atoms with Crippen molar-refractivity contribution in [1.29, 1.82) is 0 Å². The number of hydrogen-bond donors (Lipinski definition) is 0. The molecule has 0 unspecified atom stereocenters. The van der Waals surface area contributed by atoms with Gasteiger partial charge in [0.15, 0.2) is 0 Å². The molecule has 2 aromatic heterocycles. The second-order valence-corrected chi connectivity index (χ2v) is 8.74. The Balaban J connectivity index is 1.83. The van der Waals surface area contributed by atoms with E-state index in [2.05, 4.69) is 17.1 Å². The number of benzene rings is 3. The number of aromatic nitrogens is 2. The zero-order valence-electron chi connectivity index (χ0n) is 15.6. The molecule has 0 saturated heterocycles. The van der Waals surface area contributed by atoms with Crippen LogP contribution in [0.25, 0.3) is 21.8 Å². The topological polar surface area (TPSA) is 52.0 Å². The van der Waals surface area contributed by atoms with Crippen LogP contribution in [0.5, 0.6) is 0 Å². The van der Waals surface area contributed by atoms with Crippen LogP contribution in [-0.4, -0.2) is 17.4 Å². The van der Waals surface area contributed by atoms with E-state index < -0.39 is 10.0 Å². The molecule has 0 amide bonds. The van der Waals surface area contributed by atoms with Crippen molar-refractivity contribution in [1.82, 2.24) is 8.96 Å². The van der Waals surface area contributed by atoms with E-state index in [0.717, 1.165) is 21.9 Å². The fourth-order valence-corrected chi connectivity index (χ4v) is 5.38. The molecule has 0 saturated carbocycles. The normalized spacial score (nSPS) is 11.9. The minimum atomic E-state index is -3.76. The molecule has 5 rings (SSSR count). The molecular formula is C24H18N2O2S. The van der Waals surface area contributed by atoms with Crippen LogP contribution in [0, 0.1) is 0 Å². The van der Waals surface area contributed by atoms with Crippen LogP contribution >= 0.6 is 0 Å². The predicted molar refractivity (Wildman–Crippen MR) is 116 cm³/mol. The zero-order valence-corrected chi connectivity index (χ0v) is 16.4. The Labute approximate surface area is 169 Å². The Kier molecular flexibility index (Phi) is 4.18. The van der Waals surface area contributed by atoms with Crippen molar-refractivity contribution in [3.63, 3.8) is 0 Å². The van der Waals surface area contributed by atoms with Gasteiger partial charge in [-0.2, -0.15) is 0 Å². The summed E-state index contributed by atoms with van der Waals surface area (Å²) in [5.74, 6) is 0. The number of rotatable bonds is 4. The molecule has 0 spiro atoms. The van der Waals surface area contributed by atoms with Crippen LogP contribution in [0.4, 0.5) is 0 Å². The first-order valence-electron chi connectivity index (χ1n) is 9.37. The van der Waals surface area contributed by atoms with Gasteiger partial charge in [-0.25, -0.2) is 12.4 Å². The fraction of sp³-hybridized carbons (Fsp3) is 0.0417. The molecule has 5 aromatic rings. The van der Waals surface area contributed by atoms with Gasteiger partial charge in [0.05, 0.1) is 22.1 Å². The third-order valence-electron chi connectivity index (χ3n) is 5.13. The Bertz CT molecular complexity index is 1420. The summed E-state index contributed by atoms with van der Waals surface area (Å²) in [4.78, 5) is 4.65. The van der Waals surface area contributed by atoms with Crippen LogP contribution in [-0.2, 0) is 16.4 Å². The summed E-state index contributed by atoms with van der Waals surface area (Å²) in [5.41, 5.74) is 3.42. The third-order valence-corrected chi connectivity index (χ3v) is 6.88. The van der Waals surface area contributed by atoms with E-state index in [1.807, 2.05) is 54.7 Å². The van der Waals surface area contributed by atoms with E-state index >= 15 is 0 Å². The summed E-state index contributed by atoms with van der Waals surface area (Å²) in [5, 5.41) is 1.84. The van der Waals surface area contributed by atoms with Crippen LogP contribution in [0.2, 0.25) is 0 Å². The molecule has 0 atom stereocenters. The molecular weight excluding hydrogens is 380 g/mol. The molecule has 0 aliphatic heterocycles. The first-order valence-corrected chi connectivity index (χ1v) is 10.8. The quantitative estimate of drug-likeness (QED) is 0.427. The SMILES string of the molecule is O=S(=O)(c1ccccc1)n1c2ccccc2c2c(Cc3ccccc3)cncc21. The Morgan fingerprint density at radius 3 is 2.14 bits per heavy atom. The molecule has 0 N–H and O–H groups in total. The van der Waals surface area contributed by atoms with Crippen LogP contribution in [0.1, 0.15) is 11.1 Å². The maximum atomic E-state index is 13.5. The third kappa shape index (κ3) is 2.91. The van der Waals surface area contributed by atoms with Gasteiger partial charge >= 0.3 is 0 Å². The zero-order chi connectivity index (χ0) is 19.8. The highest BCUT2D eigenvalue weighted by molar-refractivity contribution is 7.90. The maximum Gasteiger partial charge on any atom is 0.268 e. The van der Waals surface area contributed by atoms with Gasteiger partial charge < -0.3 is 0 Å². The molecule has 4 nitrogen and oxygen atoms in total. The van der Waals surface area contributed by atoms with E-state index in [9.17, 15) is 8.42 Å². The summed E-state index contributed by atoms with van der Waals surface area (Å²) in [6.45, 7) is 0. The van der Waals surface area contributed by atoms with Gasteiger partial charge in [-0.15, -0.1) is 0 Å². The Morgan fingerprint density at radius 1 is 0.724 bits per heavy atom. The molecule has 0 aliphatic carbocycles. The lowest BCUT2D eigenvalue weighted by molar-refractivity contribution is 0.590. The monoisotopic (exact) mass is 398 g/mol. The van der Waals surface area contributed by atoms with Crippen molar-refractivity contribution in [3.05, 3.63) is 108 Å². The summed E-state index contributed by atoms with van der Waals surface area (Å²) in [6, 6.07) is 26.3. The summed E-state index contributed by atoms with van der Waals surface area (Å²) in [6.07, 6.45) is 4.16.